The Labute approximate surface area is 298 Å². The highest BCUT2D eigenvalue weighted by Crippen LogP contribution is 2.37. The first-order chi connectivity index (χ1) is 24.4. The lowest BCUT2D eigenvalue weighted by molar-refractivity contribution is -0.385. The lowest BCUT2D eigenvalue weighted by Crippen LogP contribution is -2.55. The van der Waals surface area contributed by atoms with Crippen LogP contribution in [0.5, 0.6) is 23.0 Å². The van der Waals surface area contributed by atoms with E-state index in [1.54, 1.807) is 30.3 Å². The molecule has 15 nitrogen and oxygen atoms in total. The van der Waals surface area contributed by atoms with Gasteiger partial charge in [0, 0.05) is 41.8 Å². The first kappa shape index (κ1) is 38.2. The molecule has 51 heavy (non-hydrogen) atoms. The number of nitro benzene ring substituents is 1. The van der Waals surface area contributed by atoms with Crippen LogP contribution in [0.4, 0.5) is 10.5 Å². The van der Waals surface area contributed by atoms with Crippen LogP contribution in [0.2, 0.25) is 5.02 Å². The Hall–Kier alpha value is -5.57. The summed E-state index contributed by atoms with van der Waals surface area (Å²) in [4.78, 5) is 66.3. The molecule has 0 bridgehead atoms. The van der Waals surface area contributed by atoms with Gasteiger partial charge in [-0.1, -0.05) is 31.0 Å². The SMILES string of the molecule is CCC[C@@H](NC(=O)N1C(=O)[C@H](Cc2cc(Cl)ccc2OC)CNC(=O)[C@H]1Cc1c(OC)cc(OC)cc1OC)c1ccc(C(=O)O)c([N+](=O)[O-])c1. The molecule has 0 unspecified atom stereocenters. The molecular weight excluding hydrogens is 688 g/mol. The van der Waals surface area contributed by atoms with Crippen molar-refractivity contribution in [3.05, 3.63) is 85.9 Å². The Balaban J connectivity index is 1.81. The van der Waals surface area contributed by atoms with Crippen LogP contribution in [0.3, 0.4) is 0 Å². The Morgan fingerprint density at radius 2 is 1.67 bits per heavy atom. The number of methoxy groups -OCH3 is 4. The minimum absolute atomic E-state index is 0.0513. The molecule has 0 spiro atoms. The van der Waals surface area contributed by atoms with Gasteiger partial charge in [-0.3, -0.25) is 24.6 Å². The van der Waals surface area contributed by atoms with E-state index in [2.05, 4.69) is 10.6 Å². The third-order valence-electron chi connectivity index (χ3n) is 8.59. The Kier molecular flexibility index (Phi) is 12.7. The maximum atomic E-state index is 14.5. The molecule has 16 heteroatoms. The number of urea groups is 1. The predicted octanol–water partition coefficient (Wildman–Crippen LogP) is 4.96. The van der Waals surface area contributed by atoms with E-state index in [1.165, 1.54) is 34.5 Å². The zero-order valence-corrected chi connectivity index (χ0v) is 29.4. The zero-order chi connectivity index (χ0) is 37.4. The fraction of sp³-hybridized carbons (Fsp3) is 0.371. The van der Waals surface area contributed by atoms with Gasteiger partial charge in [0.05, 0.1) is 45.3 Å². The van der Waals surface area contributed by atoms with Gasteiger partial charge in [0.15, 0.2) is 0 Å². The normalized spacial score (nSPS) is 16.4. The number of hydrogen-bond donors (Lipinski definition) is 3. The summed E-state index contributed by atoms with van der Waals surface area (Å²) >= 11 is 6.27. The van der Waals surface area contributed by atoms with Crippen molar-refractivity contribution in [2.75, 3.05) is 35.0 Å². The molecule has 272 valence electrons. The smallest absolute Gasteiger partial charge is 0.342 e. The van der Waals surface area contributed by atoms with Crippen LogP contribution in [0.1, 0.15) is 52.9 Å². The molecule has 0 saturated carbocycles. The van der Waals surface area contributed by atoms with Crippen molar-refractivity contribution >= 4 is 41.1 Å². The molecule has 4 amide bonds. The van der Waals surface area contributed by atoms with Gasteiger partial charge >= 0.3 is 12.0 Å². The minimum atomic E-state index is -1.49. The number of halogens is 1. The van der Waals surface area contributed by atoms with Crippen LogP contribution in [0, 0.1) is 16.0 Å². The molecule has 3 N–H and O–H groups in total. The largest absolute Gasteiger partial charge is 0.496 e. The highest BCUT2D eigenvalue weighted by atomic mass is 35.5. The van der Waals surface area contributed by atoms with Crippen LogP contribution in [-0.2, 0) is 22.4 Å². The third-order valence-corrected chi connectivity index (χ3v) is 8.83. The lowest BCUT2D eigenvalue weighted by atomic mass is 9.96. The number of nitrogens with zero attached hydrogens (tertiary/aromatic N) is 2. The highest BCUT2D eigenvalue weighted by Gasteiger charge is 2.43. The average molecular weight is 727 g/mol. The Morgan fingerprint density at radius 3 is 2.24 bits per heavy atom. The van der Waals surface area contributed by atoms with Crippen molar-refractivity contribution in [3.63, 3.8) is 0 Å². The van der Waals surface area contributed by atoms with Crippen LogP contribution in [-0.4, -0.2) is 79.8 Å². The summed E-state index contributed by atoms with van der Waals surface area (Å²) in [6, 6.07) is 8.37. The fourth-order valence-electron chi connectivity index (χ4n) is 6.05. The van der Waals surface area contributed by atoms with E-state index in [1.807, 2.05) is 6.92 Å². The summed E-state index contributed by atoms with van der Waals surface area (Å²) in [7, 11) is 5.76. The number of carbonyl (C=O) groups is 4. The highest BCUT2D eigenvalue weighted by molar-refractivity contribution is 6.30. The monoisotopic (exact) mass is 726 g/mol. The third kappa shape index (κ3) is 8.60. The maximum Gasteiger partial charge on any atom is 0.342 e. The molecule has 1 saturated heterocycles. The standard InChI is InChI=1S/C35H39ClN4O11/c1-6-7-26(19-8-10-24(34(43)44)27(14-19)40(46)47)38-35(45)39-28(17-25-30(50-4)15-23(48-2)16-31(25)51-5)32(41)37-18-21(33(39)42)12-20-13-22(36)9-11-29(20)49-3/h8-11,13-16,21,26,28H,6-7,12,17-18H2,1-5H3,(H,37,41)(H,38,45)(H,43,44)/t21-,26-,28-/m1/s1. The number of hydrogen-bond acceptors (Lipinski definition) is 10. The van der Waals surface area contributed by atoms with E-state index < -0.39 is 58.0 Å². The molecule has 1 fully saturated rings. The molecule has 0 aromatic heterocycles. The number of aromatic carboxylic acids is 1. The van der Waals surface area contributed by atoms with Gasteiger partial charge < -0.3 is 34.7 Å². The number of benzene rings is 3. The second-order valence-corrected chi connectivity index (χ2v) is 12.1. The van der Waals surface area contributed by atoms with Gasteiger partial charge in [0.25, 0.3) is 5.69 Å². The maximum absolute atomic E-state index is 14.5. The Morgan fingerprint density at radius 1 is 1.00 bits per heavy atom. The number of carbonyl (C=O) groups excluding carboxylic acids is 3. The number of nitrogens with one attached hydrogen (secondary N) is 2. The van der Waals surface area contributed by atoms with Crippen molar-refractivity contribution in [2.24, 2.45) is 5.92 Å². The van der Waals surface area contributed by atoms with Crippen molar-refractivity contribution < 1.29 is 48.2 Å². The summed E-state index contributed by atoms with van der Waals surface area (Å²) in [6.45, 7) is 1.70. The molecule has 1 aliphatic heterocycles. The zero-order valence-electron chi connectivity index (χ0n) is 28.7. The van der Waals surface area contributed by atoms with E-state index in [0.29, 0.717) is 34.1 Å². The van der Waals surface area contributed by atoms with Crippen LogP contribution >= 0.6 is 11.6 Å². The number of carboxylic acid groups (broad SMARTS) is 1. The van der Waals surface area contributed by atoms with Crippen molar-refractivity contribution in [1.82, 2.24) is 15.5 Å². The molecule has 0 radical (unpaired) electrons. The molecule has 3 aromatic carbocycles. The van der Waals surface area contributed by atoms with Crippen molar-refractivity contribution in [2.45, 2.75) is 44.7 Å². The average Bonchev–Trinajstić information content (AvgIpc) is 3.22. The predicted molar refractivity (Wildman–Crippen MR) is 185 cm³/mol. The van der Waals surface area contributed by atoms with Gasteiger partial charge in [-0.25, -0.2) is 9.59 Å². The van der Waals surface area contributed by atoms with Gasteiger partial charge in [-0.2, -0.15) is 0 Å². The quantitative estimate of drug-likeness (QED) is 0.150. The number of imide groups is 1. The molecular formula is C35H39ClN4O11. The van der Waals surface area contributed by atoms with E-state index >= 15 is 0 Å². The van der Waals surface area contributed by atoms with E-state index in [9.17, 15) is 34.4 Å². The molecule has 1 aliphatic rings. The minimum Gasteiger partial charge on any atom is -0.496 e. The van der Waals surface area contributed by atoms with Gasteiger partial charge in [0.1, 0.15) is 34.6 Å². The number of carboxylic acids is 1. The molecule has 0 aliphatic carbocycles. The second kappa shape index (κ2) is 16.9. The topological polar surface area (TPSA) is 196 Å². The summed E-state index contributed by atoms with van der Waals surface area (Å²) < 4.78 is 22.0. The lowest BCUT2D eigenvalue weighted by Gasteiger charge is -2.31. The number of ether oxygens (including phenoxy) is 4. The van der Waals surface area contributed by atoms with E-state index in [0.717, 1.165) is 17.0 Å². The van der Waals surface area contributed by atoms with Gasteiger partial charge in [-0.15, -0.1) is 0 Å². The van der Waals surface area contributed by atoms with Crippen LogP contribution < -0.4 is 29.6 Å². The van der Waals surface area contributed by atoms with E-state index in [-0.39, 0.29) is 42.9 Å². The van der Waals surface area contributed by atoms with Gasteiger partial charge in [-0.05, 0) is 48.2 Å². The second-order valence-electron chi connectivity index (χ2n) is 11.7. The number of amides is 4. The first-order valence-corrected chi connectivity index (χ1v) is 16.3. The first-order valence-electron chi connectivity index (χ1n) is 15.9. The molecule has 1 heterocycles. The van der Waals surface area contributed by atoms with Crippen molar-refractivity contribution in [3.8, 4) is 23.0 Å². The summed E-state index contributed by atoms with van der Waals surface area (Å²) in [5.74, 6) is -2.32. The van der Waals surface area contributed by atoms with Gasteiger partial charge in [0.2, 0.25) is 11.8 Å². The summed E-state index contributed by atoms with van der Waals surface area (Å²) in [5.41, 5.74) is 0.0130. The van der Waals surface area contributed by atoms with Crippen LogP contribution in [0.25, 0.3) is 0 Å². The van der Waals surface area contributed by atoms with E-state index in [4.69, 9.17) is 30.5 Å². The fourth-order valence-corrected chi connectivity index (χ4v) is 6.25. The summed E-state index contributed by atoms with van der Waals surface area (Å²) in [6.07, 6.45) is 0.591. The number of nitro groups is 1. The van der Waals surface area contributed by atoms with Crippen LogP contribution in [0.15, 0.2) is 48.5 Å². The molecule has 4 rings (SSSR count). The molecule has 3 aromatic rings. The summed E-state index contributed by atoms with van der Waals surface area (Å²) in [5, 5.41) is 27.2. The molecule has 3 atom stereocenters. The number of rotatable bonds is 14. The Bertz CT molecular complexity index is 1790. The van der Waals surface area contributed by atoms with Crippen molar-refractivity contribution in [1.29, 1.82) is 0 Å².